The van der Waals surface area contributed by atoms with Crippen LogP contribution in [0.4, 0.5) is 0 Å². The van der Waals surface area contributed by atoms with Crippen molar-refractivity contribution in [2.45, 2.75) is 0 Å². The highest BCUT2D eigenvalue weighted by Gasteiger charge is 2.08. The maximum atomic E-state index is 9.45. The number of hydrogen-bond donors (Lipinski definition) is 1. The molecule has 2 aromatic rings. The average Bonchev–Trinajstić information content (AvgIpc) is 2.28. The first-order valence-corrected chi connectivity index (χ1v) is 7.83. The number of hydrogen-bond acceptors (Lipinski definition) is 2. The van der Waals surface area contributed by atoms with Gasteiger partial charge in [-0.1, -0.05) is 0 Å². The quantitative estimate of drug-likeness (QED) is 0.533. The van der Waals surface area contributed by atoms with E-state index in [0.29, 0.717) is 5.75 Å². The van der Waals surface area contributed by atoms with Gasteiger partial charge in [-0.05, 0) is 104 Å². The molecule has 0 saturated carbocycles. The number of ether oxygens (including phenoxy) is 1. The van der Waals surface area contributed by atoms with Crippen LogP contribution in [0.15, 0.2) is 30.3 Å². The summed E-state index contributed by atoms with van der Waals surface area (Å²) in [6, 6.07) is 12.0. The minimum Gasteiger partial charge on any atom is -0.507 e. The van der Waals surface area contributed by atoms with Crippen molar-refractivity contribution >= 4 is 67.8 Å². The van der Waals surface area contributed by atoms with Crippen molar-refractivity contribution in [3.05, 3.63) is 47.1 Å². The molecule has 1 N–H and O–H groups in total. The molecule has 2 nitrogen and oxygen atoms in total. The number of phenols is 1. The summed E-state index contributed by atoms with van der Waals surface area (Å²) >= 11 is 6.50. The number of halogens is 3. The summed E-state index contributed by atoms with van der Waals surface area (Å²) in [4.78, 5) is 0. The van der Waals surface area contributed by atoms with Gasteiger partial charge in [-0.25, -0.2) is 0 Å². The van der Waals surface area contributed by atoms with E-state index in [1.165, 1.54) is 0 Å². The number of benzene rings is 2. The molecule has 0 aromatic heterocycles. The van der Waals surface area contributed by atoms with Crippen molar-refractivity contribution in [3.8, 4) is 17.2 Å². The normalized spacial score (nSPS) is 10.3. The van der Waals surface area contributed by atoms with E-state index >= 15 is 0 Å². The van der Waals surface area contributed by atoms with E-state index in [1.54, 1.807) is 18.2 Å². The first-order valence-electron chi connectivity index (χ1n) is 4.59. The molecule has 0 unspecified atom stereocenters. The average molecular weight is 563 g/mol. The summed E-state index contributed by atoms with van der Waals surface area (Å²) in [7, 11) is 0. The van der Waals surface area contributed by atoms with E-state index in [0.717, 1.165) is 16.5 Å². The molecule has 0 aliphatic carbocycles. The van der Waals surface area contributed by atoms with Crippen LogP contribution in [-0.4, -0.2) is 5.11 Å². The van der Waals surface area contributed by atoms with Crippen molar-refractivity contribution in [1.29, 1.82) is 0 Å². The first-order chi connectivity index (χ1) is 8.08. The van der Waals surface area contributed by atoms with Crippen molar-refractivity contribution in [1.82, 2.24) is 0 Å². The zero-order valence-electron chi connectivity index (χ0n) is 8.38. The van der Waals surface area contributed by atoms with Gasteiger partial charge in [0.25, 0.3) is 0 Å². The molecule has 87 valence electrons. The molecular weight excluding hydrogens is 557 g/mol. The van der Waals surface area contributed by atoms with Crippen LogP contribution in [0, 0.1) is 16.8 Å². The van der Waals surface area contributed by atoms with Gasteiger partial charge in [-0.2, -0.15) is 0 Å². The highest BCUT2D eigenvalue weighted by molar-refractivity contribution is 14.1. The van der Waals surface area contributed by atoms with Crippen LogP contribution in [-0.2, 0) is 0 Å². The molecule has 0 bridgehead atoms. The fraction of sp³-hybridized carbons (Fsp3) is 0. The van der Waals surface area contributed by atoms with Crippen molar-refractivity contribution in [3.63, 3.8) is 0 Å². The monoisotopic (exact) mass is 563 g/mol. The van der Waals surface area contributed by atoms with Crippen molar-refractivity contribution < 1.29 is 9.84 Å². The van der Waals surface area contributed by atoms with Gasteiger partial charge >= 0.3 is 0 Å². The smallest absolute Gasteiger partial charge is 0.154 e. The van der Waals surface area contributed by atoms with Gasteiger partial charge in [0.15, 0.2) is 5.75 Å². The lowest BCUT2D eigenvalue weighted by molar-refractivity contribution is 0.458. The zero-order chi connectivity index (χ0) is 12.4. The summed E-state index contributed by atoms with van der Waals surface area (Å²) in [6.45, 7) is 0. The Labute approximate surface area is 140 Å². The summed E-state index contributed by atoms with van der Waals surface area (Å²) in [5.74, 6) is 1.81. The molecule has 0 fully saturated rings. The second-order valence-corrected chi connectivity index (χ2v) is 6.68. The van der Waals surface area contributed by atoms with Crippen LogP contribution >= 0.6 is 67.8 Å². The number of aromatic hydroxyl groups is 1. The molecule has 17 heavy (non-hydrogen) atoms. The van der Waals surface area contributed by atoms with Gasteiger partial charge in [0, 0.05) is 0 Å². The van der Waals surface area contributed by atoms with Crippen LogP contribution in [0.3, 0.4) is 0 Å². The fourth-order valence-electron chi connectivity index (χ4n) is 1.20. The molecule has 2 aromatic carbocycles. The van der Waals surface area contributed by atoms with Crippen LogP contribution < -0.4 is 4.74 Å². The Hall–Kier alpha value is 0.230. The molecule has 0 amide bonds. The molecule has 0 saturated heterocycles. The predicted octanol–water partition coefficient (Wildman–Crippen LogP) is 4.80. The van der Waals surface area contributed by atoms with Crippen LogP contribution in [0.5, 0.6) is 17.2 Å². The topological polar surface area (TPSA) is 29.5 Å². The Morgan fingerprint density at radius 2 is 1.65 bits per heavy atom. The third kappa shape index (κ3) is 3.37. The number of phenolic OH excluding ortho intramolecular Hbond substituents is 1. The van der Waals surface area contributed by atoms with Gasteiger partial charge in [0.05, 0.1) is 10.7 Å². The van der Waals surface area contributed by atoms with Gasteiger partial charge in [-0.3, -0.25) is 0 Å². The molecule has 0 heterocycles. The largest absolute Gasteiger partial charge is 0.507 e. The molecule has 1 radical (unpaired) electrons. The zero-order valence-corrected chi connectivity index (χ0v) is 14.8. The standard InChI is InChI=1S/C12H6I3O2/c13-8-2-1-3-9(14)12(8)17-7-4-5-11(16)10(15)6-7/h2-6,16H. The van der Waals surface area contributed by atoms with Gasteiger partial charge in [0.2, 0.25) is 0 Å². The van der Waals surface area contributed by atoms with E-state index in [4.69, 9.17) is 4.74 Å². The van der Waals surface area contributed by atoms with Crippen LogP contribution in [0.1, 0.15) is 0 Å². The van der Waals surface area contributed by atoms with E-state index < -0.39 is 0 Å². The second-order valence-electron chi connectivity index (χ2n) is 3.20. The lowest BCUT2D eigenvalue weighted by atomic mass is 10.3. The van der Waals surface area contributed by atoms with Crippen LogP contribution in [0.2, 0.25) is 0 Å². The molecular formula is C12H6I3O2. The molecule has 2 rings (SSSR count). The first kappa shape index (κ1) is 13.7. The summed E-state index contributed by atoms with van der Waals surface area (Å²) in [5, 5.41) is 9.45. The van der Waals surface area contributed by atoms with Gasteiger partial charge in [0.1, 0.15) is 11.5 Å². The van der Waals surface area contributed by atoms with Crippen LogP contribution in [0.25, 0.3) is 0 Å². The maximum absolute atomic E-state index is 9.45. The minimum atomic E-state index is 0.267. The predicted molar refractivity (Wildman–Crippen MR) is 91.6 cm³/mol. The summed E-state index contributed by atoms with van der Waals surface area (Å²) in [5.41, 5.74) is 0. The molecule has 5 heteroatoms. The third-order valence-electron chi connectivity index (χ3n) is 1.99. The van der Waals surface area contributed by atoms with Crippen molar-refractivity contribution in [2.75, 3.05) is 0 Å². The molecule has 0 atom stereocenters. The fourth-order valence-corrected chi connectivity index (χ4v) is 3.36. The third-order valence-corrected chi connectivity index (χ3v) is 4.46. The van der Waals surface area contributed by atoms with E-state index in [-0.39, 0.29) is 5.75 Å². The Morgan fingerprint density at radius 1 is 1.00 bits per heavy atom. The highest BCUT2D eigenvalue weighted by Crippen LogP contribution is 2.33. The second kappa shape index (κ2) is 5.91. The lowest BCUT2D eigenvalue weighted by Gasteiger charge is -2.10. The Bertz CT molecular complexity index is 535. The van der Waals surface area contributed by atoms with Gasteiger partial charge < -0.3 is 9.84 Å². The Balaban J connectivity index is 2.35. The summed E-state index contributed by atoms with van der Waals surface area (Å²) in [6.07, 6.45) is 0. The Morgan fingerprint density at radius 3 is 2.24 bits per heavy atom. The van der Waals surface area contributed by atoms with Crippen molar-refractivity contribution in [2.24, 2.45) is 0 Å². The SMILES string of the molecule is Oc1ccc(Oc2c(I)c[c]cc2I)cc1I. The molecule has 0 aliphatic heterocycles. The lowest BCUT2D eigenvalue weighted by Crippen LogP contribution is -1.91. The maximum Gasteiger partial charge on any atom is 0.154 e. The molecule has 0 aliphatic rings. The molecule has 0 spiro atoms. The van der Waals surface area contributed by atoms with E-state index in [9.17, 15) is 5.11 Å². The van der Waals surface area contributed by atoms with E-state index in [2.05, 4.69) is 73.8 Å². The van der Waals surface area contributed by atoms with Gasteiger partial charge in [-0.15, -0.1) is 0 Å². The minimum absolute atomic E-state index is 0.267. The highest BCUT2D eigenvalue weighted by atomic mass is 127. The van der Waals surface area contributed by atoms with E-state index in [1.807, 2.05) is 12.1 Å². The Kier molecular flexibility index (Phi) is 4.75. The summed E-state index contributed by atoms with van der Waals surface area (Å²) < 4.78 is 8.62. The number of rotatable bonds is 2.